The first-order valence-corrected chi connectivity index (χ1v) is 10.6. The molecule has 5 heteroatoms. The van der Waals surface area contributed by atoms with E-state index in [1.54, 1.807) is 31.2 Å². The summed E-state index contributed by atoms with van der Waals surface area (Å²) < 4.78 is 5.01. The molecule has 0 aromatic heterocycles. The fourth-order valence-electron chi connectivity index (χ4n) is 3.99. The van der Waals surface area contributed by atoms with Crippen LogP contribution >= 0.6 is 0 Å². The molecule has 4 rings (SSSR count). The highest BCUT2D eigenvalue weighted by atomic mass is 16.5. The zero-order valence-corrected chi connectivity index (χ0v) is 17.8. The molecule has 5 nitrogen and oxygen atoms in total. The number of amides is 2. The number of carbonyl (C=O) groups is 2. The number of aryl methyl sites for hydroxylation is 1. The van der Waals surface area contributed by atoms with E-state index in [1.807, 2.05) is 17.0 Å². The van der Waals surface area contributed by atoms with Gasteiger partial charge in [-0.2, -0.15) is 0 Å². The van der Waals surface area contributed by atoms with E-state index in [1.165, 1.54) is 11.1 Å². The monoisotopic (exact) mass is 414 g/mol. The Balaban J connectivity index is 1.59. The normalized spacial score (nSPS) is 15.2. The van der Waals surface area contributed by atoms with Crippen molar-refractivity contribution < 1.29 is 14.3 Å². The first-order chi connectivity index (χ1) is 15.1. The zero-order valence-electron chi connectivity index (χ0n) is 17.8. The number of hydrogen-bond acceptors (Lipinski definition) is 3. The molecule has 0 spiro atoms. The van der Waals surface area contributed by atoms with E-state index in [9.17, 15) is 9.59 Å². The molecule has 1 heterocycles. The first kappa shape index (κ1) is 20.7. The molecule has 158 valence electrons. The number of rotatable bonds is 4. The zero-order chi connectivity index (χ0) is 21.8. The van der Waals surface area contributed by atoms with Crippen molar-refractivity contribution >= 4 is 17.7 Å². The number of benzene rings is 3. The second-order valence-electron chi connectivity index (χ2n) is 7.68. The van der Waals surface area contributed by atoms with Crippen LogP contribution in [0.1, 0.15) is 45.6 Å². The van der Waals surface area contributed by atoms with Gasteiger partial charge in [-0.15, -0.1) is 0 Å². The van der Waals surface area contributed by atoms with Crippen molar-refractivity contribution in [2.45, 2.75) is 26.3 Å². The van der Waals surface area contributed by atoms with Crippen LogP contribution in [0.5, 0.6) is 0 Å². The third kappa shape index (κ3) is 4.45. The van der Waals surface area contributed by atoms with E-state index in [4.69, 9.17) is 4.74 Å². The van der Waals surface area contributed by atoms with Crippen molar-refractivity contribution in [3.8, 4) is 0 Å². The van der Waals surface area contributed by atoms with Gasteiger partial charge in [-0.05, 0) is 61.2 Å². The number of carbonyl (C=O) groups excluding carboxylic acids is 2. The molecule has 0 saturated carbocycles. The summed E-state index contributed by atoms with van der Waals surface area (Å²) in [5.74, 6) is -0.368. The molecule has 0 fully saturated rings. The molecule has 0 bridgehead atoms. The molecule has 1 aliphatic heterocycles. The quantitative estimate of drug-likeness (QED) is 0.586. The summed E-state index contributed by atoms with van der Waals surface area (Å²) in [6, 6.07) is 23.1. The third-order valence-electron chi connectivity index (χ3n) is 5.58. The molecule has 1 unspecified atom stereocenters. The van der Waals surface area contributed by atoms with Gasteiger partial charge in [-0.1, -0.05) is 54.1 Å². The van der Waals surface area contributed by atoms with Crippen LogP contribution in [-0.4, -0.2) is 30.1 Å². The van der Waals surface area contributed by atoms with Crippen molar-refractivity contribution in [3.05, 3.63) is 101 Å². The van der Waals surface area contributed by atoms with Gasteiger partial charge in [0.05, 0.1) is 18.2 Å². The average Bonchev–Trinajstić information content (AvgIpc) is 2.79. The van der Waals surface area contributed by atoms with E-state index < -0.39 is 0 Å². The number of fused-ring (bicyclic) bond motifs is 1. The molecule has 0 radical (unpaired) electrons. The SMILES string of the molecule is CCOC(=O)c1ccc(NC(=O)N2CCc3ccccc3C2c2ccc(C)cc2)cc1. The van der Waals surface area contributed by atoms with Gasteiger partial charge in [-0.3, -0.25) is 0 Å². The standard InChI is InChI=1S/C26H26N2O3/c1-3-31-25(29)21-12-14-22(15-13-21)27-26(30)28-17-16-19-6-4-5-7-23(19)24(28)20-10-8-18(2)9-11-20/h4-15,24H,3,16-17H2,1-2H3,(H,27,30). The highest BCUT2D eigenvalue weighted by Crippen LogP contribution is 2.35. The average molecular weight is 415 g/mol. The molecule has 3 aromatic carbocycles. The molecule has 0 saturated heterocycles. The molecule has 0 aliphatic carbocycles. The van der Waals surface area contributed by atoms with Crippen LogP contribution in [0.2, 0.25) is 0 Å². The molecule has 1 N–H and O–H groups in total. The maximum Gasteiger partial charge on any atom is 0.338 e. The topological polar surface area (TPSA) is 58.6 Å². The Bertz CT molecular complexity index is 1070. The van der Waals surface area contributed by atoms with Gasteiger partial charge in [-0.25, -0.2) is 9.59 Å². The fourth-order valence-corrected chi connectivity index (χ4v) is 3.99. The van der Waals surface area contributed by atoms with Crippen LogP contribution < -0.4 is 5.32 Å². The van der Waals surface area contributed by atoms with Crippen LogP contribution in [0.3, 0.4) is 0 Å². The molecule has 3 aromatic rings. The molecule has 1 atom stereocenters. The van der Waals surface area contributed by atoms with E-state index in [-0.39, 0.29) is 18.0 Å². The first-order valence-electron chi connectivity index (χ1n) is 10.6. The number of urea groups is 1. The summed E-state index contributed by atoms with van der Waals surface area (Å²) >= 11 is 0. The summed E-state index contributed by atoms with van der Waals surface area (Å²) in [7, 11) is 0. The lowest BCUT2D eigenvalue weighted by Gasteiger charge is -2.37. The van der Waals surface area contributed by atoms with Crippen molar-refractivity contribution in [2.24, 2.45) is 0 Å². The van der Waals surface area contributed by atoms with Crippen LogP contribution in [0.4, 0.5) is 10.5 Å². The lowest BCUT2D eigenvalue weighted by atomic mass is 9.88. The highest BCUT2D eigenvalue weighted by Gasteiger charge is 2.32. The highest BCUT2D eigenvalue weighted by molar-refractivity contribution is 5.92. The van der Waals surface area contributed by atoms with Gasteiger partial charge in [0, 0.05) is 12.2 Å². The van der Waals surface area contributed by atoms with E-state index in [2.05, 4.69) is 48.6 Å². The molecule has 2 amide bonds. The molecule has 31 heavy (non-hydrogen) atoms. The number of ether oxygens (including phenoxy) is 1. The predicted molar refractivity (Wildman–Crippen MR) is 121 cm³/mol. The largest absolute Gasteiger partial charge is 0.462 e. The van der Waals surface area contributed by atoms with Crippen LogP contribution in [0, 0.1) is 6.92 Å². The second-order valence-corrected chi connectivity index (χ2v) is 7.68. The second kappa shape index (κ2) is 9.04. The van der Waals surface area contributed by atoms with Crippen LogP contribution in [-0.2, 0) is 11.2 Å². The van der Waals surface area contributed by atoms with Crippen molar-refractivity contribution in [2.75, 3.05) is 18.5 Å². The Morgan fingerprint density at radius 1 is 1.00 bits per heavy atom. The van der Waals surface area contributed by atoms with Gasteiger partial charge in [0.15, 0.2) is 0 Å². The van der Waals surface area contributed by atoms with E-state index in [0.717, 1.165) is 17.5 Å². The van der Waals surface area contributed by atoms with Crippen molar-refractivity contribution in [3.63, 3.8) is 0 Å². The number of anilines is 1. The smallest absolute Gasteiger partial charge is 0.338 e. The Hall–Kier alpha value is -3.60. The minimum atomic E-state index is -0.368. The van der Waals surface area contributed by atoms with Crippen LogP contribution in [0.25, 0.3) is 0 Å². The van der Waals surface area contributed by atoms with Gasteiger partial charge in [0.25, 0.3) is 0 Å². The van der Waals surface area contributed by atoms with Crippen molar-refractivity contribution in [1.29, 1.82) is 0 Å². The van der Waals surface area contributed by atoms with Gasteiger partial charge >= 0.3 is 12.0 Å². The lowest BCUT2D eigenvalue weighted by molar-refractivity contribution is 0.0526. The number of nitrogens with zero attached hydrogens (tertiary/aromatic N) is 1. The Morgan fingerprint density at radius 3 is 2.42 bits per heavy atom. The van der Waals surface area contributed by atoms with E-state index in [0.29, 0.717) is 24.4 Å². The fraction of sp³-hybridized carbons (Fsp3) is 0.231. The van der Waals surface area contributed by atoms with E-state index >= 15 is 0 Å². The maximum absolute atomic E-state index is 13.3. The summed E-state index contributed by atoms with van der Waals surface area (Å²) in [5.41, 5.74) is 5.81. The van der Waals surface area contributed by atoms with Gasteiger partial charge in [0.2, 0.25) is 0 Å². The number of esters is 1. The predicted octanol–water partition coefficient (Wildman–Crippen LogP) is 5.35. The molecule has 1 aliphatic rings. The summed E-state index contributed by atoms with van der Waals surface area (Å²) in [6.07, 6.45) is 0.813. The summed E-state index contributed by atoms with van der Waals surface area (Å²) in [6.45, 7) is 4.78. The van der Waals surface area contributed by atoms with Crippen molar-refractivity contribution in [1.82, 2.24) is 4.90 Å². The minimum absolute atomic E-state index is 0.149. The van der Waals surface area contributed by atoms with Gasteiger partial charge in [0.1, 0.15) is 0 Å². The number of hydrogen-bond donors (Lipinski definition) is 1. The Morgan fingerprint density at radius 2 is 1.71 bits per heavy atom. The third-order valence-corrected chi connectivity index (χ3v) is 5.58. The number of nitrogens with one attached hydrogen (secondary N) is 1. The maximum atomic E-state index is 13.3. The lowest BCUT2D eigenvalue weighted by Crippen LogP contribution is -2.43. The van der Waals surface area contributed by atoms with Crippen LogP contribution in [0.15, 0.2) is 72.8 Å². The Kier molecular flexibility index (Phi) is 6.03. The Labute approximate surface area is 182 Å². The summed E-state index contributed by atoms with van der Waals surface area (Å²) in [5, 5.41) is 2.99. The molecular formula is C26H26N2O3. The minimum Gasteiger partial charge on any atom is -0.462 e. The van der Waals surface area contributed by atoms with Gasteiger partial charge < -0.3 is 15.0 Å². The summed E-state index contributed by atoms with van der Waals surface area (Å²) in [4.78, 5) is 27.0. The molecular weight excluding hydrogens is 388 g/mol.